The number of ether oxygens (including phenoxy) is 1. The standard InChI is InChI=1S/C12H20F3NO3/c1-2-19-10(11(17)18)5-8-16-6-3-9(4-7-16)12(13,14)15/h9-10H,2-8H2,1H3,(H,17,18). The van der Waals surface area contributed by atoms with E-state index in [1.807, 2.05) is 4.90 Å². The van der Waals surface area contributed by atoms with Gasteiger partial charge in [-0.3, -0.25) is 0 Å². The highest BCUT2D eigenvalue weighted by Crippen LogP contribution is 2.34. The van der Waals surface area contributed by atoms with Gasteiger partial charge in [0.2, 0.25) is 0 Å². The third kappa shape index (κ3) is 5.36. The average molecular weight is 283 g/mol. The molecule has 1 atom stereocenters. The number of alkyl halides is 3. The normalized spacial score (nSPS) is 20.4. The molecule has 112 valence electrons. The van der Waals surface area contributed by atoms with Crippen LogP contribution in [0.4, 0.5) is 13.2 Å². The van der Waals surface area contributed by atoms with Crippen LogP contribution in [-0.2, 0) is 9.53 Å². The zero-order chi connectivity index (χ0) is 14.5. The first-order valence-electron chi connectivity index (χ1n) is 6.48. The summed E-state index contributed by atoms with van der Waals surface area (Å²) in [5.41, 5.74) is 0. The molecule has 1 fully saturated rings. The van der Waals surface area contributed by atoms with Crippen molar-refractivity contribution in [2.24, 2.45) is 5.92 Å². The third-order valence-corrected chi connectivity index (χ3v) is 3.40. The first-order valence-corrected chi connectivity index (χ1v) is 6.48. The molecule has 0 aromatic heterocycles. The second kappa shape index (κ2) is 7.09. The number of piperidine rings is 1. The molecule has 0 amide bonds. The van der Waals surface area contributed by atoms with Crippen LogP contribution < -0.4 is 0 Å². The fraction of sp³-hybridized carbons (Fsp3) is 0.917. The molecule has 0 aromatic carbocycles. The molecule has 0 spiro atoms. The number of aliphatic carboxylic acids is 1. The maximum absolute atomic E-state index is 12.5. The predicted octanol–water partition coefficient (Wildman–Crippen LogP) is 2.14. The maximum atomic E-state index is 12.5. The van der Waals surface area contributed by atoms with Crippen molar-refractivity contribution in [3.8, 4) is 0 Å². The van der Waals surface area contributed by atoms with Crippen molar-refractivity contribution in [1.82, 2.24) is 4.90 Å². The lowest BCUT2D eigenvalue weighted by Gasteiger charge is -2.33. The van der Waals surface area contributed by atoms with Crippen LogP contribution in [0.5, 0.6) is 0 Å². The number of halogens is 3. The predicted molar refractivity (Wildman–Crippen MR) is 62.9 cm³/mol. The molecular weight excluding hydrogens is 263 g/mol. The lowest BCUT2D eigenvalue weighted by atomic mass is 9.96. The van der Waals surface area contributed by atoms with Crippen LogP contribution in [0, 0.1) is 5.92 Å². The van der Waals surface area contributed by atoms with Gasteiger partial charge in [0.25, 0.3) is 0 Å². The van der Waals surface area contributed by atoms with Crippen molar-refractivity contribution in [3.63, 3.8) is 0 Å². The zero-order valence-electron chi connectivity index (χ0n) is 10.9. The van der Waals surface area contributed by atoms with E-state index in [1.54, 1.807) is 6.92 Å². The van der Waals surface area contributed by atoms with Crippen molar-refractivity contribution >= 4 is 5.97 Å². The van der Waals surface area contributed by atoms with Gasteiger partial charge in [-0.1, -0.05) is 0 Å². The summed E-state index contributed by atoms with van der Waals surface area (Å²) in [6.07, 6.45) is -4.49. The van der Waals surface area contributed by atoms with Crippen LogP contribution in [-0.4, -0.2) is 54.5 Å². The van der Waals surface area contributed by atoms with Crippen LogP contribution in [0.15, 0.2) is 0 Å². The number of carboxylic acid groups (broad SMARTS) is 1. The van der Waals surface area contributed by atoms with E-state index in [0.29, 0.717) is 32.7 Å². The Hall–Kier alpha value is -0.820. The van der Waals surface area contributed by atoms with Gasteiger partial charge in [-0.25, -0.2) is 4.79 Å². The summed E-state index contributed by atoms with van der Waals surface area (Å²) in [4.78, 5) is 12.7. The van der Waals surface area contributed by atoms with E-state index in [-0.39, 0.29) is 12.8 Å². The summed E-state index contributed by atoms with van der Waals surface area (Å²) in [7, 11) is 0. The number of likely N-dealkylation sites (tertiary alicyclic amines) is 1. The van der Waals surface area contributed by atoms with Gasteiger partial charge in [-0.05, 0) is 39.3 Å². The molecule has 1 N–H and O–H groups in total. The molecule has 0 aromatic rings. The highest BCUT2D eigenvalue weighted by molar-refractivity contribution is 5.72. The summed E-state index contributed by atoms with van der Waals surface area (Å²) < 4.78 is 42.5. The number of hydrogen-bond donors (Lipinski definition) is 1. The molecule has 1 heterocycles. The summed E-state index contributed by atoms with van der Waals surface area (Å²) in [6, 6.07) is 0. The van der Waals surface area contributed by atoms with E-state index in [9.17, 15) is 18.0 Å². The second-order valence-electron chi connectivity index (χ2n) is 4.73. The monoisotopic (exact) mass is 283 g/mol. The van der Waals surface area contributed by atoms with Crippen LogP contribution >= 0.6 is 0 Å². The highest BCUT2D eigenvalue weighted by atomic mass is 19.4. The lowest BCUT2D eigenvalue weighted by Crippen LogP contribution is -2.40. The number of carboxylic acids is 1. The number of hydrogen-bond acceptors (Lipinski definition) is 3. The average Bonchev–Trinajstić information content (AvgIpc) is 2.33. The Kier molecular flexibility index (Phi) is 6.06. The zero-order valence-corrected chi connectivity index (χ0v) is 10.9. The van der Waals surface area contributed by atoms with Gasteiger partial charge in [0.1, 0.15) is 0 Å². The summed E-state index contributed by atoms with van der Waals surface area (Å²) >= 11 is 0. The maximum Gasteiger partial charge on any atom is 0.391 e. The number of rotatable bonds is 6. The molecule has 0 aliphatic carbocycles. The molecule has 1 aliphatic rings. The lowest BCUT2D eigenvalue weighted by molar-refractivity contribution is -0.185. The third-order valence-electron chi connectivity index (χ3n) is 3.40. The SMILES string of the molecule is CCOC(CCN1CCC(C(F)(F)F)CC1)C(=O)O. The molecule has 7 heteroatoms. The minimum atomic E-state index is -4.11. The summed E-state index contributed by atoms with van der Waals surface area (Å²) in [5.74, 6) is -2.24. The fourth-order valence-corrected chi connectivity index (χ4v) is 2.26. The van der Waals surface area contributed by atoms with E-state index in [0.717, 1.165) is 0 Å². The van der Waals surface area contributed by atoms with Gasteiger partial charge in [0.15, 0.2) is 6.10 Å². The van der Waals surface area contributed by atoms with Crippen molar-refractivity contribution < 1.29 is 27.8 Å². The number of carbonyl (C=O) groups is 1. The van der Waals surface area contributed by atoms with Gasteiger partial charge in [0, 0.05) is 13.2 Å². The highest BCUT2D eigenvalue weighted by Gasteiger charge is 2.41. The largest absolute Gasteiger partial charge is 0.479 e. The smallest absolute Gasteiger partial charge is 0.391 e. The van der Waals surface area contributed by atoms with Crippen LogP contribution in [0.25, 0.3) is 0 Å². The van der Waals surface area contributed by atoms with Gasteiger partial charge in [0.05, 0.1) is 5.92 Å². The van der Waals surface area contributed by atoms with Crippen LogP contribution in [0.3, 0.4) is 0 Å². The molecule has 0 saturated carbocycles. The van der Waals surface area contributed by atoms with Gasteiger partial charge < -0.3 is 14.7 Å². The van der Waals surface area contributed by atoms with Gasteiger partial charge >= 0.3 is 12.1 Å². The van der Waals surface area contributed by atoms with Crippen molar-refractivity contribution in [3.05, 3.63) is 0 Å². The Bertz CT molecular complexity index is 288. The van der Waals surface area contributed by atoms with Gasteiger partial charge in [-0.15, -0.1) is 0 Å². The van der Waals surface area contributed by atoms with E-state index in [4.69, 9.17) is 9.84 Å². The van der Waals surface area contributed by atoms with E-state index in [1.165, 1.54) is 0 Å². The van der Waals surface area contributed by atoms with Gasteiger partial charge in [-0.2, -0.15) is 13.2 Å². The van der Waals surface area contributed by atoms with E-state index >= 15 is 0 Å². The Morgan fingerprint density at radius 1 is 1.42 bits per heavy atom. The van der Waals surface area contributed by atoms with Crippen LogP contribution in [0.1, 0.15) is 26.2 Å². The molecule has 1 saturated heterocycles. The molecule has 1 aliphatic heterocycles. The van der Waals surface area contributed by atoms with Crippen molar-refractivity contribution in [2.45, 2.75) is 38.5 Å². The minimum Gasteiger partial charge on any atom is -0.479 e. The Morgan fingerprint density at radius 2 is 2.00 bits per heavy atom. The molecule has 0 radical (unpaired) electrons. The molecule has 1 rings (SSSR count). The Morgan fingerprint density at radius 3 is 2.42 bits per heavy atom. The minimum absolute atomic E-state index is 0.0931. The topological polar surface area (TPSA) is 49.8 Å². The Labute approximate surface area is 110 Å². The molecule has 0 bridgehead atoms. The number of nitrogens with zero attached hydrogens (tertiary/aromatic N) is 1. The van der Waals surface area contributed by atoms with Crippen molar-refractivity contribution in [2.75, 3.05) is 26.2 Å². The summed E-state index contributed by atoms with van der Waals surface area (Å²) in [5, 5.41) is 8.89. The fourth-order valence-electron chi connectivity index (χ4n) is 2.26. The molecule has 1 unspecified atom stereocenters. The Balaban J connectivity index is 2.31. The molecule has 4 nitrogen and oxygen atoms in total. The van der Waals surface area contributed by atoms with Crippen molar-refractivity contribution in [1.29, 1.82) is 0 Å². The van der Waals surface area contributed by atoms with E-state index < -0.39 is 24.2 Å². The first-order chi connectivity index (χ1) is 8.84. The van der Waals surface area contributed by atoms with E-state index in [2.05, 4.69) is 0 Å². The summed E-state index contributed by atoms with van der Waals surface area (Å²) in [6.45, 7) is 3.21. The molecule has 19 heavy (non-hydrogen) atoms. The second-order valence-corrected chi connectivity index (χ2v) is 4.73. The first kappa shape index (κ1) is 16.2. The molecular formula is C12H20F3NO3. The van der Waals surface area contributed by atoms with Crippen LogP contribution in [0.2, 0.25) is 0 Å². The quantitative estimate of drug-likeness (QED) is 0.811.